The van der Waals surface area contributed by atoms with Gasteiger partial charge >= 0.3 is 0 Å². The van der Waals surface area contributed by atoms with Crippen molar-refractivity contribution in [1.82, 2.24) is 19.4 Å². The van der Waals surface area contributed by atoms with Gasteiger partial charge in [-0.1, -0.05) is 27.8 Å². The molecule has 2 aromatic heterocycles. The van der Waals surface area contributed by atoms with E-state index in [4.69, 9.17) is 0 Å². The Morgan fingerprint density at radius 3 is 3.06 bits per heavy atom. The van der Waals surface area contributed by atoms with Crippen molar-refractivity contribution in [2.24, 2.45) is 7.05 Å². The second-order valence-corrected chi connectivity index (χ2v) is 4.86. The minimum absolute atomic E-state index is 0.773. The molecule has 92 valence electrons. The van der Waals surface area contributed by atoms with Gasteiger partial charge < -0.3 is 9.88 Å². The van der Waals surface area contributed by atoms with E-state index in [1.54, 1.807) is 0 Å². The fourth-order valence-corrected chi connectivity index (χ4v) is 2.52. The Labute approximate surface area is 109 Å². The molecule has 0 aliphatic heterocycles. The zero-order chi connectivity index (χ0) is 12.4. The lowest BCUT2D eigenvalue weighted by atomic mass is 10.1. The van der Waals surface area contributed by atoms with Crippen molar-refractivity contribution in [2.45, 2.75) is 6.42 Å². The van der Waals surface area contributed by atoms with Crippen LogP contribution in [0.15, 0.2) is 30.5 Å². The average molecular weight is 259 g/mol. The molecule has 0 amide bonds. The lowest BCUT2D eigenvalue weighted by Gasteiger charge is -2.00. The Morgan fingerprint density at radius 2 is 2.22 bits per heavy atom. The number of hydrogen-bond donors (Lipinski definition) is 1. The van der Waals surface area contributed by atoms with Crippen LogP contribution < -0.4 is 5.32 Å². The van der Waals surface area contributed by atoms with Crippen LogP contribution in [0.3, 0.4) is 0 Å². The summed E-state index contributed by atoms with van der Waals surface area (Å²) in [5, 5.41) is 12.7. The van der Waals surface area contributed by atoms with Gasteiger partial charge in [-0.3, -0.25) is 0 Å². The molecule has 0 atom stereocenters. The van der Waals surface area contributed by atoms with Crippen molar-refractivity contribution in [2.75, 3.05) is 11.9 Å². The van der Waals surface area contributed by atoms with Crippen molar-refractivity contribution in [3.8, 4) is 0 Å². The lowest BCUT2D eigenvalue weighted by Crippen LogP contribution is -2.04. The molecule has 18 heavy (non-hydrogen) atoms. The van der Waals surface area contributed by atoms with Gasteiger partial charge in [0.05, 0.1) is 0 Å². The molecule has 5 nitrogen and oxygen atoms in total. The minimum atomic E-state index is 0.773. The number of nitrogens with one attached hydrogen (secondary N) is 1. The maximum Gasteiger partial charge on any atom is 0.225 e. The summed E-state index contributed by atoms with van der Waals surface area (Å²) < 4.78 is 5.88. The number of para-hydroxylation sites is 1. The zero-order valence-electron chi connectivity index (χ0n) is 10.00. The Balaban J connectivity index is 1.75. The van der Waals surface area contributed by atoms with Crippen LogP contribution >= 0.6 is 11.5 Å². The lowest BCUT2D eigenvalue weighted by molar-refractivity contribution is 0.929. The molecule has 0 saturated carbocycles. The van der Waals surface area contributed by atoms with Crippen LogP contribution in [0.1, 0.15) is 5.56 Å². The van der Waals surface area contributed by atoms with Gasteiger partial charge in [-0.05, 0) is 23.3 Å². The summed E-state index contributed by atoms with van der Waals surface area (Å²) in [6.07, 6.45) is 3.14. The van der Waals surface area contributed by atoms with Gasteiger partial charge in [-0.25, -0.2) is 0 Å². The fraction of sp³-hybridized carbons (Fsp3) is 0.250. The van der Waals surface area contributed by atoms with Crippen LogP contribution in [0.2, 0.25) is 0 Å². The summed E-state index contributed by atoms with van der Waals surface area (Å²) in [7, 11) is 2.08. The van der Waals surface area contributed by atoms with Crippen LogP contribution in [0.25, 0.3) is 10.9 Å². The Morgan fingerprint density at radius 1 is 1.33 bits per heavy atom. The summed E-state index contributed by atoms with van der Waals surface area (Å²) in [6, 6.07) is 8.45. The largest absolute Gasteiger partial charge is 0.359 e. The first-order valence-corrected chi connectivity index (χ1v) is 6.54. The number of aromatic nitrogens is 4. The van der Waals surface area contributed by atoms with Gasteiger partial charge in [-0.15, -0.1) is 0 Å². The van der Waals surface area contributed by atoms with Gasteiger partial charge in [0.2, 0.25) is 5.13 Å². The van der Waals surface area contributed by atoms with Crippen molar-refractivity contribution in [1.29, 1.82) is 0 Å². The molecule has 0 aliphatic carbocycles. The van der Waals surface area contributed by atoms with E-state index in [0.717, 1.165) is 18.1 Å². The van der Waals surface area contributed by atoms with E-state index in [-0.39, 0.29) is 0 Å². The molecule has 0 spiro atoms. The molecule has 0 aliphatic rings. The second kappa shape index (κ2) is 4.73. The van der Waals surface area contributed by atoms with E-state index in [1.807, 2.05) is 0 Å². The molecule has 0 unspecified atom stereocenters. The Kier molecular flexibility index (Phi) is 2.93. The third kappa shape index (κ3) is 2.06. The summed E-state index contributed by atoms with van der Waals surface area (Å²) in [6.45, 7) is 0.838. The third-order valence-electron chi connectivity index (χ3n) is 2.95. The topological polar surface area (TPSA) is 55.6 Å². The number of benzene rings is 1. The van der Waals surface area contributed by atoms with Gasteiger partial charge in [0, 0.05) is 42.2 Å². The van der Waals surface area contributed by atoms with Gasteiger partial charge in [0.15, 0.2) is 0 Å². The van der Waals surface area contributed by atoms with Crippen LogP contribution in [0, 0.1) is 0 Å². The minimum Gasteiger partial charge on any atom is -0.359 e. The molecular formula is C12H13N5S. The van der Waals surface area contributed by atoms with Gasteiger partial charge in [-0.2, -0.15) is 0 Å². The number of rotatable bonds is 4. The molecule has 2 heterocycles. The van der Waals surface area contributed by atoms with Gasteiger partial charge in [0.25, 0.3) is 0 Å². The summed E-state index contributed by atoms with van der Waals surface area (Å²) in [5.41, 5.74) is 2.61. The number of aryl methyl sites for hydroxylation is 1. The smallest absolute Gasteiger partial charge is 0.225 e. The highest BCUT2D eigenvalue weighted by Gasteiger charge is 2.05. The van der Waals surface area contributed by atoms with Crippen LogP contribution in [0.5, 0.6) is 0 Å². The van der Waals surface area contributed by atoms with E-state index in [0.29, 0.717) is 0 Å². The fourth-order valence-electron chi connectivity index (χ4n) is 2.13. The molecule has 1 N–H and O–H groups in total. The monoisotopic (exact) mass is 259 g/mol. The highest BCUT2D eigenvalue weighted by atomic mass is 32.1. The SMILES string of the molecule is Cn1cc(CCNc2nnns2)c2ccccc21. The first kappa shape index (κ1) is 11.2. The first-order chi connectivity index (χ1) is 8.84. The summed E-state index contributed by atoms with van der Waals surface area (Å²) >= 11 is 1.28. The van der Waals surface area contributed by atoms with Crippen molar-refractivity contribution in [3.05, 3.63) is 36.0 Å². The summed E-state index contributed by atoms with van der Waals surface area (Å²) in [5.74, 6) is 0. The van der Waals surface area contributed by atoms with Crippen molar-refractivity contribution >= 4 is 27.6 Å². The standard InChI is InChI=1S/C12H13N5S/c1-17-8-9(10-4-2-3-5-11(10)17)6-7-13-12-14-15-16-18-12/h2-5,8H,6-7H2,1H3,(H,13,14,16). The zero-order valence-corrected chi connectivity index (χ0v) is 10.8. The number of nitrogens with zero attached hydrogens (tertiary/aromatic N) is 4. The Hall–Kier alpha value is -1.95. The predicted octanol–water partition coefficient (Wildman–Crippen LogP) is 2.08. The van der Waals surface area contributed by atoms with E-state index in [2.05, 4.69) is 62.2 Å². The van der Waals surface area contributed by atoms with E-state index >= 15 is 0 Å². The molecule has 3 aromatic rings. The first-order valence-electron chi connectivity index (χ1n) is 5.76. The molecule has 0 bridgehead atoms. The second-order valence-electron chi connectivity index (χ2n) is 4.13. The van der Waals surface area contributed by atoms with Crippen LogP contribution in [0.4, 0.5) is 5.13 Å². The van der Waals surface area contributed by atoms with E-state index in [9.17, 15) is 0 Å². The molecule has 6 heteroatoms. The molecule has 0 fully saturated rings. The highest BCUT2D eigenvalue weighted by molar-refractivity contribution is 7.09. The molecule has 3 rings (SSSR count). The molecule has 1 aromatic carbocycles. The average Bonchev–Trinajstić information content (AvgIpc) is 3.00. The molecule has 0 saturated heterocycles. The highest BCUT2D eigenvalue weighted by Crippen LogP contribution is 2.20. The Bertz CT molecular complexity index is 644. The number of anilines is 1. The van der Waals surface area contributed by atoms with Crippen LogP contribution in [-0.4, -0.2) is 25.9 Å². The normalized spacial score (nSPS) is 10.9. The van der Waals surface area contributed by atoms with Gasteiger partial charge in [0.1, 0.15) is 0 Å². The van der Waals surface area contributed by atoms with Crippen molar-refractivity contribution in [3.63, 3.8) is 0 Å². The maximum absolute atomic E-state index is 3.86. The van der Waals surface area contributed by atoms with E-state index < -0.39 is 0 Å². The van der Waals surface area contributed by atoms with Crippen molar-refractivity contribution < 1.29 is 0 Å². The van der Waals surface area contributed by atoms with E-state index in [1.165, 1.54) is 28.0 Å². The number of hydrogen-bond acceptors (Lipinski definition) is 5. The predicted molar refractivity (Wildman–Crippen MR) is 72.8 cm³/mol. The summed E-state index contributed by atoms with van der Waals surface area (Å²) in [4.78, 5) is 0. The third-order valence-corrected chi connectivity index (χ3v) is 3.50. The quantitative estimate of drug-likeness (QED) is 0.779. The van der Waals surface area contributed by atoms with Crippen LogP contribution in [-0.2, 0) is 13.5 Å². The molecule has 0 radical (unpaired) electrons. The maximum atomic E-state index is 3.86. The molecular weight excluding hydrogens is 246 g/mol. The number of fused-ring (bicyclic) bond motifs is 1.